The Morgan fingerprint density at radius 3 is 2.22 bits per heavy atom. The van der Waals surface area contributed by atoms with E-state index in [4.69, 9.17) is 5.11 Å². The Hall–Kier alpha value is -0.740. The minimum atomic E-state index is -1.11. The highest BCUT2D eigenvalue weighted by Gasteiger charge is 2.46. The van der Waals surface area contributed by atoms with Gasteiger partial charge in [-0.15, -0.1) is 0 Å². The first-order valence-corrected chi connectivity index (χ1v) is 2.62. The summed E-state index contributed by atoms with van der Waals surface area (Å²) in [6.07, 6.45) is -1.11. The van der Waals surface area contributed by atoms with Crippen molar-refractivity contribution in [3.8, 4) is 0 Å². The molecule has 0 spiro atoms. The molecule has 0 saturated heterocycles. The molecule has 50 valence electrons. The van der Waals surface area contributed by atoms with Crippen LogP contribution >= 0.6 is 0 Å². The highest BCUT2D eigenvalue weighted by atomic mass is 16.3. The van der Waals surface area contributed by atoms with Crippen molar-refractivity contribution in [2.45, 2.75) is 12.1 Å². The number of rotatable bonds is 1. The van der Waals surface area contributed by atoms with E-state index in [1.54, 1.807) is 0 Å². The molecule has 4 nitrogen and oxygen atoms in total. The molecule has 1 aliphatic carbocycles. The average Bonchev–Trinajstić information content (AvgIpc) is 1.89. The standard InChI is InChI=1S/C5H7NO3/c1-6-2-3(7)5(9)4(2)8/h2-3,6-7H,1H3. The molecule has 0 bridgehead atoms. The monoisotopic (exact) mass is 129 g/mol. The Kier molecular flexibility index (Phi) is 1.34. The molecule has 0 aliphatic heterocycles. The molecule has 2 atom stereocenters. The predicted molar refractivity (Wildman–Crippen MR) is 28.9 cm³/mol. The molecule has 9 heavy (non-hydrogen) atoms. The maximum atomic E-state index is 10.4. The van der Waals surface area contributed by atoms with E-state index in [-0.39, 0.29) is 0 Å². The van der Waals surface area contributed by atoms with Crippen molar-refractivity contribution in [1.82, 2.24) is 5.32 Å². The van der Waals surface area contributed by atoms with Gasteiger partial charge in [0.1, 0.15) is 12.1 Å². The van der Waals surface area contributed by atoms with E-state index in [0.29, 0.717) is 0 Å². The molecule has 0 radical (unpaired) electrons. The molecule has 2 unspecified atom stereocenters. The summed E-state index contributed by atoms with van der Waals surface area (Å²) < 4.78 is 0. The van der Waals surface area contributed by atoms with Crippen LogP contribution in [0.15, 0.2) is 0 Å². The van der Waals surface area contributed by atoms with E-state index in [9.17, 15) is 9.59 Å². The van der Waals surface area contributed by atoms with Gasteiger partial charge in [0.05, 0.1) is 0 Å². The summed E-state index contributed by atoms with van der Waals surface area (Å²) in [5.74, 6) is -1.21. The maximum Gasteiger partial charge on any atom is 0.230 e. The molecule has 0 heterocycles. The molecule has 1 fully saturated rings. The predicted octanol–water partition coefficient (Wildman–Crippen LogP) is -1.91. The van der Waals surface area contributed by atoms with Crippen LogP contribution < -0.4 is 5.32 Å². The van der Waals surface area contributed by atoms with E-state index < -0.39 is 23.7 Å². The zero-order valence-corrected chi connectivity index (χ0v) is 4.92. The number of aliphatic hydroxyl groups is 1. The summed E-state index contributed by atoms with van der Waals surface area (Å²) in [7, 11) is 1.53. The number of ketones is 2. The molecular weight excluding hydrogens is 122 g/mol. The van der Waals surface area contributed by atoms with Crippen molar-refractivity contribution in [2.24, 2.45) is 0 Å². The first-order chi connectivity index (χ1) is 4.18. The van der Waals surface area contributed by atoms with E-state index in [0.717, 1.165) is 0 Å². The summed E-state index contributed by atoms with van der Waals surface area (Å²) in [5, 5.41) is 11.2. The summed E-state index contributed by atoms with van der Waals surface area (Å²) in [4.78, 5) is 20.7. The van der Waals surface area contributed by atoms with Gasteiger partial charge < -0.3 is 10.4 Å². The largest absolute Gasteiger partial charge is 0.383 e. The lowest BCUT2D eigenvalue weighted by Crippen LogP contribution is -2.63. The van der Waals surface area contributed by atoms with Crippen molar-refractivity contribution < 1.29 is 14.7 Å². The van der Waals surface area contributed by atoms with E-state index in [1.807, 2.05) is 0 Å². The third-order valence-electron chi connectivity index (χ3n) is 1.42. The molecule has 4 heteroatoms. The molecule has 1 aliphatic rings. The fraction of sp³-hybridized carbons (Fsp3) is 0.600. The topological polar surface area (TPSA) is 66.4 Å². The summed E-state index contributed by atoms with van der Waals surface area (Å²) in [6, 6.07) is -0.655. The molecule has 0 aromatic carbocycles. The maximum absolute atomic E-state index is 10.4. The second-order valence-corrected chi connectivity index (χ2v) is 1.94. The molecular formula is C5H7NO3. The van der Waals surface area contributed by atoms with Crippen molar-refractivity contribution in [3.63, 3.8) is 0 Å². The molecule has 1 saturated carbocycles. The Bertz CT molecular complexity index is 166. The minimum Gasteiger partial charge on any atom is -0.383 e. The average molecular weight is 129 g/mol. The second-order valence-electron chi connectivity index (χ2n) is 1.94. The Labute approximate surface area is 51.9 Å². The molecule has 1 rings (SSSR count). The van der Waals surface area contributed by atoms with Gasteiger partial charge in [-0.2, -0.15) is 0 Å². The van der Waals surface area contributed by atoms with Gasteiger partial charge in [0, 0.05) is 0 Å². The van der Waals surface area contributed by atoms with Gasteiger partial charge in [-0.25, -0.2) is 0 Å². The smallest absolute Gasteiger partial charge is 0.230 e. The van der Waals surface area contributed by atoms with Crippen LogP contribution in [-0.4, -0.2) is 35.9 Å². The minimum absolute atomic E-state index is 0.523. The highest BCUT2D eigenvalue weighted by molar-refractivity contribution is 6.48. The van der Waals surface area contributed by atoms with Crippen LogP contribution in [0.2, 0.25) is 0 Å². The van der Waals surface area contributed by atoms with Gasteiger partial charge in [-0.05, 0) is 7.05 Å². The number of hydrogen-bond donors (Lipinski definition) is 2. The number of hydrogen-bond acceptors (Lipinski definition) is 4. The normalized spacial score (nSPS) is 34.4. The van der Waals surface area contributed by atoms with Crippen LogP contribution in [-0.2, 0) is 9.59 Å². The van der Waals surface area contributed by atoms with E-state index in [2.05, 4.69) is 5.32 Å². The summed E-state index contributed by atoms with van der Waals surface area (Å²) >= 11 is 0. The van der Waals surface area contributed by atoms with Gasteiger partial charge in [0.2, 0.25) is 11.6 Å². The van der Waals surface area contributed by atoms with Crippen molar-refractivity contribution in [3.05, 3.63) is 0 Å². The van der Waals surface area contributed by atoms with E-state index in [1.165, 1.54) is 7.05 Å². The molecule has 0 amide bonds. The molecule has 0 aromatic heterocycles. The Morgan fingerprint density at radius 1 is 1.44 bits per heavy atom. The fourth-order valence-electron chi connectivity index (χ4n) is 0.787. The van der Waals surface area contributed by atoms with Gasteiger partial charge in [-0.3, -0.25) is 9.59 Å². The van der Waals surface area contributed by atoms with Gasteiger partial charge >= 0.3 is 0 Å². The van der Waals surface area contributed by atoms with Crippen LogP contribution in [0.5, 0.6) is 0 Å². The molecule has 0 aromatic rings. The third-order valence-corrected chi connectivity index (χ3v) is 1.42. The van der Waals surface area contributed by atoms with Gasteiger partial charge in [-0.1, -0.05) is 0 Å². The van der Waals surface area contributed by atoms with Crippen LogP contribution in [0.25, 0.3) is 0 Å². The Morgan fingerprint density at radius 2 is 2.00 bits per heavy atom. The van der Waals surface area contributed by atoms with Crippen molar-refractivity contribution >= 4 is 11.6 Å². The van der Waals surface area contributed by atoms with Gasteiger partial charge in [0.25, 0.3) is 0 Å². The summed E-state index contributed by atoms with van der Waals surface area (Å²) in [5.41, 5.74) is 0. The lowest BCUT2D eigenvalue weighted by atomic mass is 9.86. The SMILES string of the molecule is CNC1C(=O)C(=O)C1O. The lowest BCUT2D eigenvalue weighted by molar-refractivity contribution is -0.154. The van der Waals surface area contributed by atoms with Crippen LogP contribution in [0, 0.1) is 0 Å². The zero-order valence-electron chi connectivity index (χ0n) is 4.92. The van der Waals surface area contributed by atoms with Crippen molar-refractivity contribution in [2.75, 3.05) is 7.05 Å². The number of nitrogens with one attached hydrogen (secondary N) is 1. The van der Waals surface area contributed by atoms with Crippen LogP contribution in [0.3, 0.4) is 0 Å². The van der Waals surface area contributed by atoms with E-state index >= 15 is 0 Å². The first-order valence-electron chi connectivity index (χ1n) is 2.62. The van der Waals surface area contributed by atoms with Crippen LogP contribution in [0.1, 0.15) is 0 Å². The number of aliphatic hydroxyl groups excluding tert-OH is 1. The second kappa shape index (κ2) is 1.89. The number of carbonyl (C=O) groups is 2. The number of carbonyl (C=O) groups excluding carboxylic acids is 2. The number of likely N-dealkylation sites (N-methyl/N-ethyl adjacent to an activating group) is 1. The van der Waals surface area contributed by atoms with Gasteiger partial charge in [0.15, 0.2) is 0 Å². The first kappa shape index (κ1) is 6.38. The summed E-state index contributed by atoms with van der Waals surface area (Å²) in [6.45, 7) is 0. The lowest BCUT2D eigenvalue weighted by Gasteiger charge is -2.27. The van der Waals surface area contributed by atoms with Crippen molar-refractivity contribution in [1.29, 1.82) is 0 Å². The Balaban J connectivity index is 2.61. The fourth-order valence-corrected chi connectivity index (χ4v) is 0.787. The zero-order chi connectivity index (χ0) is 7.02. The molecule has 2 N–H and O–H groups in total. The highest BCUT2D eigenvalue weighted by Crippen LogP contribution is 2.09. The third kappa shape index (κ3) is 0.674. The number of Topliss-reactive ketones (excluding diaryl/α,β-unsaturated/α-hetero) is 2. The van der Waals surface area contributed by atoms with Crippen LogP contribution in [0.4, 0.5) is 0 Å². The quantitative estimate of drug-likeness (QED) is 0.405.